The molecular weight excluding hydrogens is 348 g/mol. The van der Waals surface area contributed by atoms with Gasteiger partial charge in [0.25, 0.3) is 0 Å². The first kappa shape index (κ1) is 15.7. The number of rotatable bonds is 3. The molecule has 0 saturated heterocycles. The van der Waals surface area contributed by atoms with Gasteiger partial charge in [-0.2, -0.15) is 5.10 Å². The smallest absolute Gasteiger partial charge is 0.312 e. The maximum absolute atomic E-state index is 12.2. The van der Waals surface area contributed by atoms with Crippen LogP contribution in [0.25, 0.3) is 11.3 Å². The number of methoxy groups -OCH3 is 1. The van der Waals surface area contributed by atoms with E-state index in [-0.39, 0.29) is 25.1 Å². The lowest BCUT2D eigenvalue weighted by molar-refractivity contribution is -0.135. The van der Waals surface area contributed by atoms with Crippen LogP contribution in [0, 0.1) is 0 Å². The van der Waals surface area contributed by atoms with Gasteiger partial charge in [-0.1, -0.05) is 0 Å². The molecule has 0 unspecified atom stereocenters. The summed E-state index contributed by atoms with van der Waals surface area (Å²) < 4.78 is 21.6. The second kappa shape index (κ2) is 6.05. The van der Waals surface area contributed by atoms with Gasteiger partial charge < -0.3 is 18.9 Å². The number of aromatic nitrogens is 2. The van der Waals surface area contributed by atoms with Crippen LogP contribution in [0.4, 0.5) is 0 Å². The lowest BCUT2D eigenvalue weighted by atomic mass is 9.85. The Balaban J connectivity index is 1.60. The van der Waals surface area contributed by atoms with Crippen LogP contribution in [0.1, 0.15) is 23.5 Å². The number of esters is 1. The van der Waals surface area contributed by atoms with Crippen LogP contribution in [0.15, 0.2) is 42.6 Å². The van der Waals surface area contributed by atoms with Crippen LogP contribution in [-0.4, -0.2) is 30.1 Å². The van der Waals surface area contributed by atoms with Crippen LogP contribution < -0.4 is 18.9 Å². The van der Waals surface area contributed by atoms with E-state index in [0.29, 0.717) is 17.2 Å². The van der Waals surface area contributed by atoms with Crippen LogP contribution >= 0.6 is 0 Å². The average Bonchev–Trinajstić information content (AvgIpc) is 3.35. The molecule has 3 heterocycles. The number of nitrogens with one attached hydrogen (secondary N) is 1. The summed E-state index contributed by atoms with van der Waals surface area (Å²) in [5, 5.41) is 7.28. The molecule has 27 heavy (non-hydrogen) atoms. The van der Waals surface area contributed by atoms with E-state index in [4.69, 9.17) is 18.9 Å². The number of hydrogen-bond donors (Lipinski definition) is 1. The van der Waals surface area contributed by atoms with Crippen molar-refractivity contribution in [2.24, 2.45) is 0 Å². The zero-order chi connectivity index (χ0) is 18.4. The Morgan fingerprint density at radius 3 is 2.63 bits per heavy atom. The number of ether oxygens (including phenoxy) is 4. The number of carbonyl (C=O) groups excluding carboxylic acids is 1. The third kappa shape index (κ3) is 2.59. The fraction of sp³-hybridized carbons (Fsp3) is 0.200. The lowest BCUT2D eigenvalue weighted by Crippen LogP contribution is -2.21. The van der Waals surface area contributed by atoms with Crippen LogP contribution in [0.2, 0.25) is 0 Å². The van der Waals surface area contributed by atoms with Crippen LogP contribution in [0.3, 0.4) is 0 Å². The standard InChI is InChI=1S/C20H16N2O5/c1-24-12-4-2-11(3-5-12)20-15(9-21-22-20)13-7-19(23)27-16-8-18-17(6-14(13)16)25-10-26-18/h2-6,8-9,13H,7,10H2,1H3,(H,21,22)/t13-/m1/s1. The largest absolute Gasteiger partial charge is 0.497 e. The van der Waals surface area contributed by atoms with E-state index in [1.807, 2.05) is 30.3 Å². The van der Waals surface area contributed by atoms with Gasteiger partial charge in [0.15, 0.2) is 11.5 Å². The van der Waals surface area contributed by atoms with Crippen molar-refractivity contribution in [2.75, 3.05) is 13.9 Å². The summed E-state index contributed by atoms with van der Waals surface area (Å²) in [6, 6.07) is 11.3. The van der Waals surface area contributed by atoms with Crippen molar-refractivity contribution in [3.8, 4) is 34.3 Å². The Morgan fingerprint density at radius 1 is 1.07 bits per heavy atom. The van der Waals surface area contributed by atoms with E-state index in [1.54, 1.807) is 19.4 Å². The molecule has 0 fully saturated rings. The highest BCUT2D eigenvalue weighted by Gasteiger charge is 2.33. The number of benzene rings is 2. The van der Waals surface area contributed by atoms with Crippen molar-refractivity contribution in [2.45, 2.75) is 12.3 Å². The summed E-state index contributed by atoms with van der Waals surface area (Å²) in [4.78, 5) is 12.2. The second-order valence-corrected chi connectivity index (χ2v) is 6.40. The molecule has 5 rings (SSSR count). The number of hydrogen-bond acceptors (Lipinski definition) is 6. The van der Waals surface area contributed by atoms with Crippen molar-refractivity contribution >= 4 is 5.97 Å². The molecule has 0 radical (unpaired) electrons. The van der Waals surface area contributed by atoms with Gasteiger partial charge in [0.05, 0.1) is 25.4 Å². The molecule has 2 aliphatic rings. The van der Waals surface area contributed by atoms with E-state index in [9.17, 15) is 4.79 Å². The maximum Gasteiger partial charge on any atom is 0.312 e. The van der Waals surface area contributed by atoms with E-state index >= 15 is 0 Å². The Hall–Kier alpha value is -3.48. The zero-order valence-corrected chi connectivity index (χ0v) is 14.5. The van der Waals surface area contributed by atoms with E-state index in [2.05, 4.69) is 10.2 Å². The summed E-state index contributed by atoms with van der Waals surface area (Å²) in [6.45, 7) is 0.166. The fourth-order valence-electron chi connectivity index (χ4n) is 3.57. The van der Waals surface area contributed by atoms with Gasteiger partial charge in [-0.15, -0.1) is 0 Å². The molecule has 3 aromatic rings. The minimum absolute atomic E-state index is 0.166. The minimum Gasteiger partial charge on any atom is -0.497 e. The molecule has 7 nitrogen and oxygen atoms in total. The van der Waals surface area contributed by atoms with Gasteiger partial charge in [-0.25, -0.2) is 0 Å². The predicted octanol–water partition coefficient (Wildman–Crippen LogP) is 3.26. The molecule has 136 valence electrons. The first-order chi connectivity index (χ1) is 13.2. The second-order valence-electron chi connectivity index (χ2n) is 6.40. The van der Waals surface area contributed by atoms with Gasteiger partial charge in [0.1, 0.15) is 11.5 Å². The lowest BCUT2D eigenvalue weighted by Gasteiger charge is -2.25. The first-order valence-corrected chi connectivity index (χ1v) is 8.55. The van der Waals surface area contributed by atoms with Crippen molar-refractivity contribution in [1.29, 1.82) is 0 Å². The van der Waals surface area contributed by atoms with E-state index in [1.165, 1.54) is 0 Å². The van der Waals surface area contributed by atoms with Crippen LogP contribution in [0.5, 0.6) is 23.0 Å². The molecule has 2 aliphatic heterocycles. The van der Waals surface area contributed by atoms with Crippen molar-refractivity contribution in [3.05, 3.63) is 53.7 Å². The number of carbonyl (C=O) groups is 1. The third-order valence-electron chi connectivity index (χ3n) is 4.90. The fourth-order valence-corrected chi connectivity index (χ4v) is 3.57. The molecule has 7 heteroatoms. The van der Waals surface area contributed by atoms with Gasteiger partial charge in [-0.3, -0.25) is 9.89 Å². The van der Waals surface area contributed by atoms with Gasteiger partial charge in [-0.05, 0) is 30.3 Å². The quantitative estimate of drug-likeness (QED) is 0.567. The highest BCUT2D eigenvalue weighted by Crippen LogP contribution is 2.47. The highest BCUT2D eigenvalue weighted by molar-refractivity contribution is 5.80. The molecule has 1 aromatic heterocycles. The zero-order valence-electron chi connectivity index (χ0n) is 14.5. The monoisotopic (exact) mass is 364 g/mol. The first-order valence-electron chi connectivity index (χ1n) is 8.55. The van der Waals surface area contributed by atoms with Gasteiger partial charge in [0, 0.05) is 28.7 Å². The highest BCUT2D eigenvalue weighted by atomic mass is 16.7. The van der Waals surface area contributed by atoms with Crippen molar-refractivity contribution in [3.63, 3.8) is 0 Å². The molecule has 1 N–H and O–H groups in total. The SMILES string of the molecule is COc1ccc(-c2[nH]ncc2[C@@H]2CC(=O)Oc3cc4c(cc32)OCO4)cc1. The number of aromatic amines is 1. The normalized spacial score (nSPS) is 17.4. The van der Waals surface area contributed by atoms with E-state index < -0.39 is 0 Å². The van der Waals surface area contributed by atoms with Gasteiger partial charge >= 0.3 is 5.97 Å². The Morgan fingerprint density at radius 2 is 1.85 bits per heavy atom. The molecule has 0 amide bonds. The maximum atomic E-state index is 12.2. The summed E-state index contributed by atoms with van der Waals surface area (Å²) in [5.74, 6) is 2.05. The van der Waals surface area contributed by atoms with E-state index in [0.717, 1.165) is 28.1 Å². The molecule has 0 spiro atoms. The third-order valence-corrected chi connectivity index (χ3v) is 4.90. The number of fused-ring (bicyclic) bond motifs is 2. The summed E-state index contributed by atoms with van der Waals surface area (Å²) in [7, 11) is 1.63. The van der Waals surface area contributed by atoms with Crippen LogP contribution in [-0.2, 0) is 4.79 Å². The number of H-pyrrole nitrogens is 1. The summed E-state index contributed by atoms with van der Waals surface area (Å²) in [5.41, 5.74) is 3.64. The summed E-state index contributed by atoms with van der Waals surface area (Å²) >= 11 is 0. The molecule has 0 bridgehead atoms. The predicted molar refractivity (Wildman–Crippen MR) is 95.2 cm³/mol. The Kier molecular flexibility index (Phi) is 3.53. The van der Waals surface area contributed by atoms with Crippen molar-refractivity contribution in [1.82, 2.24) is 10.2 Å². The molecule has 0 aliphatic carbocycles. The molecule has 1 atom stereocenters. The number of nitrogens with zero attached hydrogens (tertiary/aromatic N) is 1. The minimum atomic E-state index is -0.284. The molecule has 2 aromatic carbocycles. The Bertz CT molecular complexity index is 1030. The topological polar surface area (TPSA) is 82.7 Å². The molecular formula is C20H16N2O5. The van der Waals surface area contributed by atoms with Crippen molar-refractivity contribution < 1.29 is 23.7 Å². The average molecular weight is 364 g/mol. The van der Waals surface area contributed by atoms with Gasteiger partial charge in [0.2, 0.25) is 6.79 Å². The Labute approximate surface area is 154 Å². The molecule has 0 saturated carbocycles. The summed E-state index contributed by atoms with van der Waals surface area (Å²) in [6.07, 6.45) is 1.99.